The lowest BCUT2D eigenvalue weighted by Crippen LogP contribution is -2.40. The zero-order chi connectivity index (χ0) is 21.3. The molecule has 1 fully saturated rings. The van der Waals surface area contributed by atoms with Gasteiger partial charge in [-0.3, -0.25) is 19.5 Å². The molecule has 1 aromatic heterocycles. The second-order valence-electron chi connectivity index (χ2n) is 7.10. The lowest BCUT2D eigenvalue weighted by atomic mass is 9.91. The van der Waals surface area contributed by atoms with Gasteiger partial charge in [-0.2, -0.15) is 0 Å². The van der Waals surface area contributed by atoms with E-state index >= 15 is 0 Å². The molecule has 9 nitrogen and oxygen atoms in total. The number of aromatic nitrogens is 2. The van der Waals surface area contributed by atoms with Crippen molar-refractivity contribution in [1.29, 1.82) is 0 Å². The lowest BCUT2D eigenvalue weighted by Gasteiger charge is -2.21. The summed E-state index contributed by atoms with van der Waals surface area (Å²) in [6.45, 7) is 1.91. The predicted octanol–water partition coefficient (Wildman–Crippen LogP) is 1.15. The summed E-state index contributed by atoms with van der Waals surface area (Å²) < 4.78 is 1.41. The van der Waals surface area contributed by atoms with Crippen molar-refractivity contribution in [2.75, 3.05) is 0 Å². The third-order valence-electron chi connectivity index (χ3n) is 5.06. The topological polar surface area (TPSA) is 125 Å². The molecule has 1 saturated heterocycles. The van der Waals surface area contributed by atoms with Gasteiger partial charge in [0.25, 0.3) is 11.8 Å². The normalized spacial score (nSPS) is 18.0. The molecule has 4 amide bonds. The number of amides is 4. The molecule has 0 spiro atoms. The molecular weight excluding hydrogens is 386 g/mol. The van der Waals surface area contributed by atoms with E-state index in [0.29, 0.717) is 16.8 Å². The molecule has 0 aliphatic carbocycles. The molecule has 1 aliphatic rings. The predicted molar refractivity (Wildman–Crippen MR) is 108 cm³/mol. The van der Waals surface area contributed by atoms with Gasteiger partial charge in [0.2, 0.25) is 0 Å². The van der Waals surface area contributed by atoms with E-state index in [-0.39, 0.29) is 18.1 Å². The van der Waals surface area contributed by atoms with Gasteiger partial charge < -0.3 is 15.6 Å². The Labute approximate surface area is 171 Å². The minimum atomic E-state index is -1.12. The monoisotopic (exact) mass is 405 g/mol. The number of imide groups is 1. The van der Waals surface area contributed by atoms with Crippen molar-refractivity contribution in [1.82, 2.24) is 25.5 Å². The molecule has 3 aromatic rings. The number of hydrogen-bond acceptors (Lipinski definition) is 4. The molecule has 1 atom stereocenters. The fraction of sp³-hybridized carbons (Fsp3) is 0.143. The van der Waals surface area contributed by atoms with Gasteiger partial charge in [-0.1, -0.05) is 30.3 Å². The van der Waals surface area contributed by atoms with Gasteiger partial charge in [-0.25, -0.2) is 9.59 Å². The van der Waals surface area contributed by atoms with Crippen LogP contribution >= 0.6 is 0 Å². The number of urea groups is 1. The Bertz CT molecular complexity index is 1190. The average Bonchev–Trinajstić information content (AvgIpc) is 3.29. The second-order valence-corrected chi connectivity index (χ2v) is 7.10. The van der Waals surface area contributed by atoms with Gasteiger partial charge in [0, 0.05) is 24.5 Å². The van der Waals surface area contributed by atoms with Crippen LogP contribution in [0.5, 0.6) is 0 Å². The number of benzene rings is 2. The number of carbonyl (C=O) groups is 3. The van der Waals surface area contributed by atoms with Crippen molar-refractivity contribution in [2.45, 2.75) is 19.0 Å². The molecule has 2 aromatic carbocycles. The average molecular weight is 405 g/mol. The summed E-state index contributed by atoms with van der Waals surface area (Å²) in [5, 5.41) is 7.67. The Morgan fingerprint density at radius 2 is 1.87 bits per heavy atom. The number of nitrogens with zero attached hydrogens (tertiary/aromatic N) is 1. The van der Waals surface area contributed by atoms with Crippen LogP contribution in [0.1, 0.15) is 28.4 Å². The van der Waals surface area contributed by atoms with Crippen molar-refractivity contribution >= 4 is 17.8 Å². The van der Waals surface area contributed by atoms with Crippen LogP contribution in [0.25, 0.3) is 5.69 Å². The first-order chi connectivity index (χ1) is 14.4. The van der Waals surface area contributed by atoms with Crippen LogP contribution in [0.3, 0.4) is 0 Å². The maximum Gasteiger partial charge on any atom is 0.330 e. The van der Waals surface area contributed by atoms with Gasteiger partial charge in [-0.05, 0) is 36.2 Å². The summed E-state index contributed by atoms with van der Waals surface area (Å²) in [5.41, 5.74) is 1.09. The zero-order valence-corrected chi connectivity index (χ0v) is 16.1. The number of hydrogen-bond donors (Lipinski definition) is 4. The van der Waals surface area contributed by atoms with Crippen molar-refractivity contribution < 1.29 is 14.4 Å². The third kappa shape index (κ3) is 3.48. The van der Waals surface area contributed by atoms with Crippen LogP contribution in [0.2, 0.25) is 0 Å². The Morgan fingerprint density at radius 3 is 2.50 bits per heavy atom. The second kappa shape index (κ2) is 7.36. The van der Waals surface area contributed by atoms with Crippen molar-refractivity contribution in [3.63, 3.8) is 0 Å². The SMILES string of the molecule is CC1(c2ccc(CNC(=O)c3cccc(-n4cc[nH]c4=O)c3)cc2)NC(=O)NC1=O. The Hall–Kier alpha value is -4.14. The number of H-pyrrole nitrogens is 1. The summed E-state index contributed by atoms with van der Waals surface area (Å²) in [4.78, 5) is 50.3. The Kier molecular flexibility index (Phi) is 4.71. The van der Waals surface area contributed by atoms with Gasteiger partial charge in [0.1, 0.15) is 5.54 Å². The third-order valence-corrected chi connectivity index (χ3v) is 5.06. The van der Waals surface area contributed by atoms with E-state index in [4.69, 9.17) is 0 Å². The molecule has 4 N–H and O–H groups in total. The molecule has 0 radical (unpaired) electrons. The van der Waals surface area contributed by atoms with Crippen molar-refractivity contribution in [3.05, 3.63) is 88.1 Å². The molecule has 1 unspecified atom stereocenters. The Morgan fingerprint density at radius 1 is 1.10 bits per heavy atom. The molecule has 0 saturated carbocycles. The van der Waals surface area contributed by atoms with E-state index in [0.717, 1.165) is 5.56 Å². The van der Waals surface area contributed by atoms with E-state index in [2.05, 4.69) is 20.9 Å². The molecule has 0 bridgehead atoms. The quantitative estimate of drug-likeness (QED) is 0.475. The van der Waals surface area contributed by atoms with Crippen LogP contribution in [0.4, 0.5) is 4.79 Å². The fourth-order valence-electron chi connectivity index (χ4n) is 3.31. The highest BCUT2D eigenvalue weighted by Crippen LogP contribution is 2.24. The smallest absolute Gasteiger partial charge is 0.330 e. The molecule has 152 valence electrons. The van der Waals surface area contributed by atoms with E-state index < -0.39 is 17.5 Å². The lowest BCUT2D eigenvalue weighted by molar-refractivity contribution is -0.123. The minimum absolute atomic E-state index is 0.279. The number of carbonyl (C=O) groups excluding carboxylic acids is 3. The van der Waals surface area contributed by atoms with Gasteiger partial charge in [0.05, 0.1) is 5.69 Å². The number of aromatic amines is 1. The minimum Gasteiger partial charge on any atom is -0.348 e. The largest absolute Gasteiger partial charge is 0.348 e. The molecule has 4 rings (SSSR count). The molecule has 2 heterocycles. The highest BCUT2D eigenvalue weighted by molar-refractivity contribution is 6.07. The van der Waals surface area contributed by atoms with Gasteiger partial charge in [-0.15, -0.1) is 0 Å². The Balaban J connectivity index is 1.43. The van der Waals surface area contributed by atoms with E-state index in [1.54, 1.807) is 61.7 Å². The first-order valence-electron chi connectivity index (χ1n) is 9.24. The van der Waals surface area contributed by atoms with Crippen LogP contribution < -0.4 is 21.6 Å². The standard InChI is InChI=1S/C21H19N5O4/c1-21(18(28)24-19(29)25-21)15-7-5-13(6-8-15)12-23-17(27)14-3-2-4-16(11-14)26-10-9-22-20(26)30/h2-11H,12H2,1H3,(H,22,30)(H,23,27)(H2,24,25,28,29). The molecular formula is C21H19N5O4. The molecule has 1 aliphatic heterocycles. The number of nitrogens with one attached hydrogen (secondary N) is 4. The van der Waals surface area contributed by atoms with E-state index in [1.165, 1.54) is 10.8 Å². The fourth-order valence-corrected chi connectivity index (χ4v) is 3.31. The first kappa shape index (κ1) is 19.2. The van der Waals surface area contributed by atoms with Gasteiger partial charge in [0.15, 0.2) is 0 Å². The highest BCUT2D eigenvalue weighted by Gasteiger charge is 2.43. The van der Waals surface area contributed by atoms with Crippen LogP contribution in [-0.2, 0) is 16.9 Å². The van der Waals surface area contributed by atoms with E-state index in [1.807, 2.05) is 0 Å². The summed E-state index contributed by atoms with van der Waals surface area (Å²) in [6.07, 6.45) is 3.12. The van der Waals surface area contributed by atoms with E-state index in [9.17, 15) is 19.2 Å². The molecule has 30 heavy (non-hydrogen) atoms. The molecule has 9 heteroatoms. The summed E-state index contributed by atoms with van der Waals surface area (Å²) in [5.74, 6) is -0.686. The summed E-state index contributed by atoms with van der Waals surface area (Å²) >= 11 is 0. The number of rotatable bonds is 5. The summed E-state index contributed by atoms with van der Waals surface area (Å²) in [7, 11) is 0. The van der Waals surface area contributed by atoms with Crippen LogP contribution in [0.15, 0.2) is 65.7 Å². The maximum absolute atomic E-state index is 12.5. The number of imidazole rings is 1. The van der Waals surface area contributed by atoms with Crippen LogP contribution in [0, 0.1) is 0 Å². The van der Waals surface area contributed by atoms with Crippen LogP contribution in [-0.4, -0.2) is 27.4 Å². The highest BCUT2D eigenvalue weighted by atomic mass is 16.2. The van der Waals surface area contributed by atoms with Gasteiger partial charge >= 0.3 is 11.7 Å². The zero-order valence-electron chi connectivity index (χ0n) is 16.1. The first-order valence-corrected chi connectivity index (χ1v) is 9.24. The van der Waals surface area contributed by atoms with Crippen molar-refractivity contribution in [3.8, 4) is 5.69 Å². The van der Waals surface area contributed by atoms with Crippen molar-refractivity contribution in [2.24, 2.45) is 0 Å². The summed E-state index contributed by atoms with van der Waals surface area (Å²) in [6, 6.07) is 13.3. The maximum atomic E-state index is 12.5.